The molecule has 0 aliphatic heterocycles. The Kier molecular flexibility index (Phi) is 4.90. The van der Waals surface area contributed by atoms with Gasteiger partial charge in [0, 0.05) is 25.5 Å². The fourth-order valence-electron chi connectivity index (χ4n) is 2.83. The molecule has 23 heavy (non-hydrogen) atoms. The third-order valence-electron chi connectivity index (χ3n) is 4.35. The molecule has 6 heteroatoms. The first-order valence-corrected chi connectivity index (χ1v) is 7.98. The Balaban J connectivity index is 1.55. The number of aromatic nitrogens is 2. The molecule has 1 heterocycles. The van der Waals surface area contributed by atoms with Crippen molar-refractivity contribution in [1.82, 2.24) is 20.2 Å². The van der Waals surface area contributed by atoms with Gasteiger partial charge >= 0.3 is 6.03 Å². The summed E-state index contributed by atoms with van der Waals surface area (Å²) in [5.41, 5.74) is 0.959. The van der Waals surface area contributed by atoms with E-state index >= 15 is 0 Å². The van der Waals surface area contributed by atoms with Crippen LogP contribution in [0.2, 0.25) is 0 Å². The van der Waals surface area contributed by atoms with Crippen molar-refractivity contribution in [3.63, 3.8) is 0 Å². The van der Waals surface area contributed by atoms with Crippen molar-refractivity contribution in [2.45, 2.75) is 31.8 Å². The van der Waals surface area contributed by atoms with Gasteiger partial charge in [-0.1, -0.05) is 18.6 Å². The van der Waals surface area contributed by atoms with Gasteiger partial charge < -0.3 is 15.2 Å². The van der Waals surface area contributed by atoms with Crippen LogP contribution in [0.15, 0.2) is 43.0 Å². The number of rotatable bonds is 6. The first-order chi connectivity index (χ1) is 11.2. The van der Waals surface area contributed by atoms with Crippen molar-refractivity contribution in [2.24, 2.45) is 5.92 Å². The molecule has 2 amide bonds. The van der Waals surface area contributed by atoms with Crippen LogP contribution in [0.25, 0.3) is 0 Å². The highest BCUT2D eigenvalue weighted by Gasteiger charge is 2.29. The molecule has 0 radical (unpaired) electrons. The van der Waals surface area contributed by atoms with Gasteiger partial charge in [0.15, 0.2) is 0 Å². The van der Waals surface area contributed by atoms with E-state index in [-0.39, 0.29) is 17.9 Å². The second kappa shape index (κ2) is 7.26. The van der Waals surface area contributed by atoms with Crippen molar-refractivity contribution >= 4 is 6.03 Å². The molecule has 3 rings (SSSR count). The number of nitrogens with one attached hydrogen (secondary N) is 2. The van der Waals surface area contributed by atoms with Crippen LogP contribution in [-0.2, 0) is 6.54 Å². The first-order valence-electron chi connectivity index (χ1n) is 7.98. The van der Waals surface area contributed by atoms with Crippen molar-refractivity contribution in [3.8, 4) is 0 Å². The van der Waals surface area contributed by atoms with E-state index in [2.05, 4.69) is 15.6 Å². The highest BCUT2D eigenvalue weighted by Crippen LogP contribution is 2.37. The van der Waals surface area contributed by atoms with Gasteiger partial charge in [-0.2, -0.15) is 0 Å². The fraction of sp³-hybridized carbons (Fsp3) is 0.412. The Bertz CT molecular complexity index is 623. The van der Waals surface area contributed by atoms with Gasteiger partial charge in [0.2, 0.25) is 0 Å². The summed E-state index contributed by atoms with van der Waals surface area (Å²) in [6.45, 7) is 1.21. The number of imidazole rings is 1. The van der Waals surface area contributed by atoms with E-state index in [4.69, 9.17) is 0 Å². The Morgan fingerprint density at radius 2 is 2.13 bits per heavy atom. The minimum absolute atomic E-state index is 0.0578. The molecule has 1 aromatic carbocycles. The maximum absolute atomic E-state index is 13.1. The third-order valence-corrected chi connectivity index (χ3v) is 4.35. The van der Waals surface area contributed by atoms with E-state index in [0.717, 1.165) is 18.4 Å². The molecule has 5 nitrogen and oxygen atoms in total. The maximum Gasteiger partial charge on any atom is 0.315 e. The zero-order valence-electron chi connectivity index (χ0n) is 12.9. The molecule has 1 aliphatic rings. The fourth-order valence-corrected chi connectivity index (χ4v) is 2.83. The summed E-state index contributed by atoms with van der Waals surface area (Å²) < 4.78 is 15.0. The maximum atomic E-state index is 13.1. The second-order valence-corrected chi connectivity index (χ2v) is 5.92. The summed E-state index contributed by atoms with van der Waals surface area (Å²) in [6, 6.07) is 6.15. The Morgan fingerprint density at radius 3 is 2.74 bits per heavy atom. The van der Waals surface area contributed by atoms with E-state index in [1.807, 2.05) is 10.8 Å². The van der Waals surface area contributed by atoms with Crippen LogP contribution in [-0.4, -0.2) is 22.1 Å². The molecular weight excluding hydrogens is 295 g/mol. The third kappa shape index (κ3) is 4.09. The highest BCUT2D eigenvalue weighted by atomic mass is 19.1. The number of hydrogen-bond acceptors (Lipinski definition) is 2. The average molecular weight is 316 g/mol. The van der Waals surface area contributed by atoms with Gasteiger partial charge in [-0.05, 0) is 36.5 Å². The lowest BCUT2D eigenvalue weighted by Gasteiger charge is -2.34. The molecule has 2 N–H and O–H groups in total. The van der Waals surface area contributed by atoms with Crippen LogP contribution in [0, 0.1) is 11.7 Å². The minimum Gasteiger partial charge on any atom is -0.336 e. The van der Waals surface area contributed by atoms with Gasteiger partial charge in [-0.15, -0.1) is 0 Å². The molecule has 1 aromatic heterocycles. The number of carbonyl (C=O) groups is 1. The summed E-state index contributed by atoms with van der Waals surface area (Å²) in [7, 11) is 0. The van der Waals surface area contributed by atoms with E-state index in [1.165, 1.54) is 18.6 Å². The monoisotopic (exact) mass is 316 g/mol. The standard InChI is InChI=1S/C17H21FN4O/c18-15-6-4-14(5-7-15)16(13-2-1-3-13)21-17(23)20-9-11-22-10-8-19-12-22/h4-8,10,12-13,16H,1-3,9,11H2,(H2,20,21,23)/t16-/m0/s1. The largest absolute Gasteiger partial charge is 0.336 e. The predicted octanol–water partition coefficient (Wildman–Crippen LogP) is 2.86. The zero-order valence-corrected chi connectivity index (χ0v) is 12.9. The van der Waals surface area contributed by atoms with Crippen LogP contribution in [0.1, 0.15) is 30.9 Å². The number of hydrogen-bond donors (Lipinski definition) is 2. The summed E-state index contributed by atoms with van der Waals surface area (Å²) in [6.07, 6.45) is 8.66. The van der Waals surface area contributed by atoms with E-state index in [9.17, 15) is 9.18 Å². The topological polar surface area (TPSA) is 59.0 Å². The highest BCUT2D eigenvalue weighted by molar-refractivity contribution is 5.74. The van der Waals surface area contributed by atoms with Gasteiger partial charge in [0.05, 0.1) is 12.4 Å². The SMILES string of the molecule is O=C(NCCn1ccnc1)N[C@H](c1ccc(F)cc1)C1CCC1. The minimum atomic E-state index is -0.258. The Hall–Kier alpha value is -2.37. The molecule has 0 saturated heterocycles. The quantitative estimate of drug-likeness (QED) is 0.861. The van der Waals surface area contributed by atoms with Crippen LogP contribution in [0.3, 0.4) is 0 Å². The predicted molar refractivity (Wildman–Crippen MR) is 85.2 cm³/mol. The molecule has 0 unspecified atom stereocenters. The summed E-state index contributed by atoms with van der Waals surface area (Å²) in [4.78, 5) is 16.1. The van der Waals surface area contributed by atoms with E-state index < -0.39 is 0 Å². The number of carbonyl (C=O) groups excluding carboxylic acids is 1. The van der Waals surface area contributed by atoms with Crippen molar-refractivity contribution in [3.05, 3.63) is 54.4 Å². The molecule has 1 saturated carbocycles. The molecular formula is C17H21FN4O. The van der Waals surface area contributed by atoms with Crippen molar-refractivity contribution < 1.29 is 9.18 Å². The van der Waals surface area contributed by atoms with E-state index in [0.29, 0.717) is 19.0 Å². The van der Waals surface area contributed by atoms with Crippen LogP contribution < -0.4 is 10.6 Å². The van der Waals surface area contributed by atoms with Crippen LogP contribution >= 0.6 is 0 Å². The molecule has 1 atom stereocenters. The number of halogens is 1. The average Bonchev–Trinajstić information content (AvgIpc) is 2.99. The first kappa shape index (κ1) is 15.5. The molecule has 1 fully saturated rings. The van der Waals surface area contributed by atoms with Gasteiger partial charge in [0.1, 0.15) is 5.82 Å². The molecule has 0 bridgehead atoms. The molecule has 122 valence electrons. The molecule has 0 spiro atoms. The molecule has 2 aromatic rings. The van der Waals surface area contributed by atoms with E-state index in [1.54, 1.807) is 24.7 Å². The zero-order chi connectivity index (χ0) is 16.1. The number of urea groups is 1. The number of amides is 2. The van der Waals surface area contributed by atoms with Crippen LogP contribution in [0.5, 0.6) is 0 Å². The van der Waals surface area contributed by atoms with Gasteiger partial charge in [-0.3, -0.25) is 0 Å². The van der Waals surface area contributed by atoms with Gasteiger partial charge in [-0.25, -0.2) is 14.2 Å². The lowest BCUT2D eigenvalue weighted by molar-refractivity contribution is 0.207. The van der Waals surface area contributed by atoms with Gasteiger partial charge in [0.25, 0.3) is 0 Å². The second-order valence-electron chi connectivity index (χ2n) is 5.92. The smallest absolute Gasteiger partial charge is 0.315 e. The molecule has 1 aliphatic carbocycles. The number of nitrogens with zero attached hydrogens (tertiary/aromatic N) is 2. The Morgan fingerprint density at radius 1 is 1.35 bits per heavy atom. The summed E-state index contributed by atoms with van der Waals surface area (Å²) in [5.74, 6) is 0.172. The van der Waals surface area contributed by atoms with Crippen LogP contribution in [0.4, 0.5) is 9.18 Å². The van der Waals surface area contributed by atoms with Crippen molar-refractivity contribution in [1.29, 1.82) is 0 Å². The normalized spacial score (nSPS) is 15.7. The summed E-state index contributed by atoms with van der Waals surface area (Å²) >= 11 is 0. The lowest BCUT2D eigenvalue weighted by Crippen LogP contribution is -2.42. The Labute approximate surface area is 134 Å². The summed E-state index contributed by atoms with van der Waals surface area (Å²) in [5, 5.41) is 5.90. The lowest BCUT2D eigenvalue weighted by atomic mass is 9.77. The number of benzene rings is 1. The van der Waals surface area contributed by atoms with Crippen molar-refractivity contribution in [2.75, 3.05) is 6.54 Å².